The van der Waals surface area contributed by atoms with Crippen LogP contribution in [-0.2, 0) is 0 Å². The molecule has 0 spiro atoms. The summed E-state index contributed by atoms with van der Waals surface area (Å²) in [5.74, 6) is 0.315. The predicted molar refractivity (Wildman–Crippen MR) is 114 cm³/mol. The zero-order valence-corrected chi connectivity index (χ0v) is 17.0. The molecule has 3 heterocycles. The average molecular weight is 379 g/mol. The van der Waals surface area contributed by atoms with Crippen LogP contribution in [0, 0.1) is 6.92 Å². The zero-order valence-electron chi connectivity index (χ0n) is 16.1. The van der Waals surface area contributed by atoms with Gasteiger partial charge in [0.15, 0.2) is 0 Å². The fourth-order valence-corrected chi connectivity index (χ4v) is 4.25. The van der Waals surface area contributed by atoms with Gasteiger partial charge in [-0.15, -0.1) is 11.3 Å². The summed E-state index contributed by atoms with van der Waals surface area (Å²) in [5, 5.41) is 0.956. The normalized spacial score (nSPS) is 11.6. The molecule has 27 heavy (non-hydrogen) atoms. The van der Waals surface area contributed by atoms with Gasteiger partial charge < -0.3 is 4.90 Å². The number of anilines is 1. The minimum Gasteiger partial charge on any atom is -0.377 e. The summed E-state index contributed by atoms with van der Waals surface area (Å²) in [6.07, 6.45) is 1.62. The molecule has 0 amide bonds. The van der Waals surface area contributed by atoms with Crippen molar-refractivity contribution >= 4 is 37.5 Å². The largest absolute Gasteiger partial charge is 0.377 e. The van der Waals surface area contributed by atoms with Gasteiger partial charge in [0.1, 0.15) is 21.4 Å². The Bertz CT molecular complexity index is 1200. The Morgan fingerprint density at radius 1 is 1.15 bits per heavy atom. The summed E-state index contributed by atoms with van der Waals surface area (Å²) in [7, 11) is 4.02. The predicted octanol–water partition coefficient (Wildman–Crippen LogP) is 4.49. The molecule has 0 radical (unpaired) electrons. The number of thiophene rings is 1. The quantitative estimate of drug-likeness (QED) is 0.527. The first kappa shape index (κ1) is 17.7. The van der Waals surface area contributed by atoms with Gasteiger partial charge in [-0.3, -0.25) is 9.36 Å². The number of aryl methyl sites for hydroxylation is 1. The maximum atomic E-state index is 13.2. The number of benzene rings is 1. The van der Waals surface area contributed by atoms with E-state index >= 15 is 0 Å². The Kier molecular flexibility index (Phi) is 4.23. The molecule has 0 bridgehead atoms. The number of pyridine rings is 1. The van der Waals surface area contributed by atoms with Crippen LogP contribution in [0.3, 0.4) is 0 Å². The monoisotopic (exact) mass is 378 g/mol. The number of nitrogens with zero attached hydrogens (tertiary/aromatic N) is 4. The molecule has 5 nitrogen and oxygen atoms in total. The van der Waals surface area contributed by atoms with E-state index in [1.807, 2.05) is 45.3 Å². The summed E-state index contributed by atoms with van der Waals surface area (Å²) in [6, 6.07) is 9.98. The van der Waals surface area contributed by atoms with Crippen molar-refractivity contribution in [1.82, 2.24) is 14.5 Å². The van der Waals surface area contributed by atoms with E-state index in [4.69, 9.17) is 4.98 Å². The first-order valence-electron chi connectivity index (χ1n) is 8.96. The van der Waals surface area contributed by atoms with E-state index in [0.717, 1.165) is 38.4 Å². The molecule has 4 aromatic rings. The van der Waals surface area contributed by atoms with Gasteiger partial charge in [-0.1, -0.05) is 31.5 Å². The molecule has 0 N–H and O–H groups in total. The van der Waals surface area contributed by atoms with Crippen LogP contribution in [0.2, 0.25) is 0 Å². The van der Waals surface area contributed by atoms with Gasteiger partial charge in [0.05, 0.1) is 16.8 Å². The molecule has 4 rings (SSSR count). The molecular formula is C21H22N4OS. The van der Waals surface area contributed by atoms with Crippen molar-refractivity contribution in [1.29, 1.82) is 0 Å². The molecule has 0 unspecified atom stereocenters. The molecule has 0 aliphatic rings. The van der Waals surface area contributed by atoms with Crippen molar-refractivity contribution in [2.75, 3.05) is 19.0 Å². The highest BCUT2D eigenvalue weighted by Gasteiger charge is 2.19. The molecular weight excluding hydrogens is 356 g/mol. The second-order valence-electron chi connectivity index (χ2n) is 7.33. The van der Waals surface area contributed by atoms with Crippen molar-refractivity contribution in [3.05, 3.63) is 58.3 Å². The maximum Gasteiger partial charge on any atom is 0.275 e. The number of rotatable bonds is 3. The van der Waals surface area contributed by atoms with Gasteiger partial charge in [0.2, 0.25) is 0 Å². The second kappa shape index (κ2) is 6.46. The van der Waals surface area contributed by atoms with Crippen LogP contribution in [0.5, 0.6) is 0 Å². The molecule has 0 saturated carbocycles. The minimum absolute atomic E-state index is 0.0531. The van der Waals surface area contributed by atoms with Crippen molar-refractivity contribution in [3.8, 4) is 5.69 Å². The molecule has 3 aromatic heterocycles. The molecule has 0 aliphatic carbocycles. The lowest BCUT2D eigenvalue weighted by Gasteiger charge is -2.16. The molecule has 0 atom stereocenters. The summed E-state index contributed by atoms with van der Waals surface area (Å²) in [6.45, 7) is 6.29. The van der Waals surface area contributed by atoms with Crippen LogP contribution in [0.4, 0.5) is 5.69 Å². The van der Waals surface area contributed by atoms with Gasteiger partial charge in [0.25, 0.3) is 5.56 Å². The third-order valence-electron chi connectivity index (χ3n) is 4.74. The summed E-state index contributed by atoms with van der Waals surface area (Å²) in [5.41, 5.74) is 4.73. The SMILES string of the molecule is Cc1ccc(-n2cnc3c(sc4nc(C(C)C)cc(N(C)C)c43)c2=O)cc1. The number of hydrogen-bond acceptors (Lipinski definition) is 5. The lowest BCUT2D eigenvalue weighted by atomic mass is 10.1. The highest BCUT2D eigenvalue weighted by atomic mass is 32.1. The molecule has 0 aliphatic heterocycles. The topological polar surface area (TPSA) is 51.0 Å². The molecule has 0 saturated heterocycles. The highest BCUT2D eigenvalue weighted by Crippen LogP contribution is 2.37. The van der Waals surface area contributed by atoms with E-state index in [9.17, 15) is 4.79 Å². The Hall–Kier alpha value is -2.73. The first-order chi connectivity index (χ1) is 12.9. The zero-order chi connectivity index (χ0) is 19.3. The van der Waals surface area contributed by atoms with Gasteiger partial charge in [0, 0.05) is 19.8 Å². The molecule has 138 valence electrons. The third kappa shape index (κ3) is 2.90. The Labute approximate surface area is 161 Å². The summed E-state index contributed by atoms with van der Waals surface area (Å²) < 4.78 is 2.25. The van der Waals surface area contributed by atoms with Crippen molar-refractivity contribution in [3.63, 3.8) is 0 Å². The van der Waals surface area contributed by atoms with Crippen LogP contribution in [0.15, 0.2) is 41.5 Å². The van der Waals surface area contributed by atoms with Gasteiger partial charge >= 0.3 is 0 Å². The van der Waals surface area contributed by atoms with Gasteiger partial charge in [-0.25, -0.2) is 9.97 Å². The standard InChI is InChI=1S/C21H22N4OS/c1-12(2)15-10-16(24(4)5)17-18-19(27-20(17)23-15)21(26)25(11-22-18)14-8-6-13(3)7-9-14/h6-12H,1-5H3. The van der Waals surface area contributed by atoms with E-state index < -0.39 is 0 Å². The van der Waals surface area contributed by atoms with Crippen molar-refractivity contribution < 1.29 is 0 Å². The van der Waals surface area contributed by atoms with Gasteiger partial charge in [-0.2, -0.15) is 0 Å². The third-order valence-corrected chi connectivity index (χ3v) is 5.80. The maximum absolute atomic E-state index is 13.2. The molecule has 6 heteroatoms. The first-order valence-corrected chi connectivity index (χ1v) is 9.77. The van der Waals surface area contributed by atoms with Crippen molar-refractivity contribution in [2.45, 2.75) is 26.7 Å². The van der Waals surface area contributed by atoms with E-state index in [-0.39, 0.29) is 5.56 Å². The smallest absolute Gasteiger partial charge is 0.275 e. The lowest BCUT2D eigenvalue weighted by Crippen LogP contribution is -2.17. The van der Waals surface area contributed by atoms with Crippen molar-refractivity contribution in [2.24, 2.45) is 0 Å². The van der Waals surface area contributed by atoms with Crippen LogP contribution in [0.1, 0.15) is 31.0 Å². The average Bonchev–Trinajstić information content (AvgIpc) is 3.01. The fourth-order valence-electron chi connectivity index (χ4n) is 3.17. The number of hydrogen-bond donors (Lipinski definition) is 0. The lowest BCUT2D eigenvalue weighted by molar-refractivity contribution is 0.830. The Morgan fingerprint density at radius 2 is 1.85 bits per heavy atom. The van der Waals surface area contributed by atoms with E-state index in [1.54, 1.807) is 10.9 Å². The highest BCUT2D eigenvalue weighted by molar-refractivity contribution is 7.25. The molecule has 0 fully saturated rings. The van der Waals surface area contributed by atoms with Crippen LogP contribution in [-0.4, -0.2) is 28.6 Å². The fraction of sp³-hybridized carbons (Fsp3) is 0.286. The Morgan fingerprint density at radius 3 is 2.48 bits per heavy atom. The van der Waals surface area contributed by atoms with Gasteiger partial charge in [-0.05, 0) is 31.0 Å². The number of fused-ring (bicyclic) bond motifs is 3. The summed E-state index contributed by atoms with van der Waals surface area (Å²) >= 11 is 1.43. The Balaban J connectivity index is 2.04. The summed E-state index contributed by atoms with van der Waals surface area (Å²) in [4.78, 5) is 25.6. The number of aromatic nitrogens is 3. The second-order valence-corrected chi connectivity index (χ2v) is 8.33. The van der Waals surface area contributed by atoms with Crippen LogP contribution < -0.4 is 10.5 Å². The van der Waals surface area contributed by atoms with Crippen LogP contribution >= 0.6 is 11.3 Å². The van der Waals surface area contributed by atoms with Crippen LogP contribution in [0.25, 0.3) is 26.1 Å². The van der Waals surface area contributed by atoms with E-state index in [1.165, 1.54) is 11.3 Å². The van der Waals surface area contributed by atoms with E-state index in [2.05, 4.69) is 29.8 Å². The van der Waals surface area contributed by atoms with E-state index in [0.29, 0.717) is 10.6 Å². The molecule has 1 aromatic carbocycles. The minimum atomic E-state index is -0.0531.